The highest BCUT2D eigenvalue weighted by atomic mass is 32.1. The third kappa shape index (κ3) is 1.53. The van der Waals surface area contributed by atoms with Gasteiger partial charge in [0.25, 0.3) is 0 Å². The maximum Gasteiger partial charge on any atom is 0.0702 e. The minimum absolute atomic E-state index is 1.02. The number of pyridine rings is 1. The smallest absolute Gasteiger partial charge is 0.0702 e. The van der Waals surface area contributed by atoms with E-state index in [0.717, 1.165) is 5.69 Å². The molecule has 3 aromatic rings. The van der Waals surface area contributed by atoms with Crippen molar-refractivity contribution in [2.75, 3.05) is 0 Å². The van der Waals surface area contributed by atoms with E-state index in [1.165, 1.54) is 15.6 Å². The van der Waals surface area contributed by atoms with Gasteiger partial charge >= 0.3 is 0 Å². The van der Waals surface area contributed by atoms with Crippen molar-refractivity contribution < 1.29 is 0 Å². The highest BCUT2D eigenvalue weighted by Crippen LogP contribution is 2.25. The summed E-state index contributed by atoms with van der Waals surface area (Å²) in [7, 11) is 0. The number of nitrogens with zero attached hydrogens (tertiary/aromatic N) is 1. The van der Waals surface area contributed by atoms with Crippen molar-refractivity contribution in [2.45, 2.75) is 0 Å². The first kappa shape index (κ1) is 8.62. The lowest BCUT2D eigenvalue weighted by molar-refractivity contribution is 1.33. The van der Waals surface area contributed by atoms with E-state index < -0.39 is 0 Å². The predicted molar refractivity (Wildman–Crippen MR) is 63.9 cm³/mol. The zero-order valence-electron chi connectivity index (χ0n) is 7.97. The Bertz CT molecular complexity index is 584. The second kappa shape index (κ2) is 3.48. The molecule has 1 aromatic carbocycles. The summed E-state index contributed by atoms with van der Waals surface area (Å²) in [6, 6.07) is 15.5. The maximum absolute atomic E-state index is 4.33. The third-order valence-corrected chi connectivity index (χ3v) is 3.17. The fraction of sp³-hybridized carbons (Fsp3) is 0. The minimum Gasteiger partial charge on any atom is -0.256 e. The van der Waals surface area contributed by atoms with Crippen LogP contribution in [0.2, 0.25) is 0 Å². The highest BCUT2D eigenvalue weighted by molar-refractivity contribution is 7.17. The quantitative estimate of drug-likeness (QED) is 0.596. The molecule has 2 heterocycles. The Morgan fingerprint density at radius 2 is 2.13 bits per heavy atom. The third-order valence-electron chi connectivity index (χ3n) is 2.34. The molecule has 0 atom stereocenters. The Hall–Kier alpha value is -1.67. The number of fused-ring (bicyclic) bond motifs is 1. The van der Waals surface area contributed by atoms with Crippen LogP contribution in [0.5, 0.6) is 0 Å². The summed E-state index contributed by atoms with van der Waals surface area (Å²) in [5.74, 6) is 0. The van der Waals surface area contributed by atoms with Gasteiger partial charge in [-0.05, 0) is 23.6 Å². The monoisotopic (exact) mass is 210 g/mol. The molecule has 1 nitrogen and oxygen atoms in total. The number of hydrogen-bond acceptors (Lipinski definition) is 2. The van der Waals surface area contributed by atoms with Crippen LogP contribution in [0.25, 0.3) is 21.3 Å². The van der Waals surface area contributed by atoms with Crippen LogP contribution in [0.1, 0.15) is 0 Å². The maximum atomic E-state index is 4.33. The molecule has 2 heteroatoms. The van der Waals surface area contributed by atoms with Gasteiger partial charge in [0.05, 0.1) is 5.69 Å². The van der Waals surface area contributed by atoms with E-state index in [-0.39, 0.29) is 0 Å². The number of thiophene rings is 1. The zero-order valence-corrected chi connectivity index (χ0v) is 8.79. The van der Waals surface area contributed by atoms with E-state index in [9.17, 15) is 0 Å². The SMILES string of the molecule is [c]1csc2cc(-c3ccccn3)ccc12. The van der Waals surface area contributed by atoms with Crippen LogP contribution in [0.15, 0.2) is 48.0 Å². The zero-order chi connectivity index (χ0) is 10.1. The molecule has 0 fully saturated rings. The summed E-state index contributed by atoms with van der Waals surface area (Å²) in [4.78, 5) is 4.33. The molecule has 71 valence electrons. The Morgan fingerprint density at radius 3 is 3.00 bits per heavy atom. The molecule has 15 heavy (non-hydrogen) atoms. The number of rotatable bonds is 1. The fourth-order valence-corrected chi connectivity index (χ4v) is 2.35. The Morgan fingerprint density at radius 1 is 1.13 bits per heavy atom. The van der Waals surface area contributed by atoms with Crippen molar-refractivity contribution in [3.63, 3.8) is 0 Å². The molecule has 0 saturated heterocycles. The van der Waals surface area contributed by atoms with Crippen LogP contribution >= 0.6 is 11.3 Å². The summed E-state index contributed by atoms with van der Waals surface area (Å²) < 4.78 is 1.26. The molecule has 2 aromatic heterocycles. The molecule has 0 unspecified atom stereocenters. The predicted octanol–water partition coefficient (Wildman–Crippen LogP) is 3.76. The molecule has 0 aliphatic rings. The largest absolute Gasteiger partial charge is 0.256 e. The van der Waals surface area contributed by atoms with E-state index in [1.807, 2.05) is 29.8 Å². The Balaban J connectivity index is 2.19. The van der Waals surface area contributed by atoms with E-state index in [0.29, 0.717) is 0 Å². The molecule has 0 saturated carbocycles. The average molecular weight is 210 g/mol. The first-order chi connectivity index (χ1) is 7.43. The van der Waals surface area contributed by atoms with Crippen LogP contribution in [0, 0.1) is 6.07 Å². The molecule has 1 radical (unpaired) electrons. The second-order valence-electron chi connectivity index (χ2n) is 3.31. The van der Waals surface area contributed by atoms with Crippen molar-refractivity contribution in [3.8, 4) is 11.3 Å². The lowest BCUT2D eigenvalue weighted by atomic mass is 10.1. The van der Waals surface area contributed by atoms with Crippen molar-refractivity contribution in [1.29, 1.82) is 0 Å². The first-order valence-corrected chi connectivity index (χ1v) is 5.62. The fourth-order valence-electron chi connectivity index (χ4n) is 1.59. The van der Waals surface area contributed by atoms with Crippen LogP contribution in [0.3, 0.4) is 0 Å². The van der Waals surface area contributed by atoms with Crippen molar-refractivity contribution in [1.82, 2.24) is 4.98 Å². The summed E-state index contributed by atoms with van der Waals surface area (Å²) in [6.45, 7) is 0. The van der Waals surface area contributed by atoms with Gasteiger partial charge in [0.2, 0.25) is 0 Å². The van der Waals surface area contributed by atoms with Gasteiger partial charge in [-0.2, -0.15) is 0 Å². The summed E-state index contributed by atoms with van der Waals surface area (Å²) in [5, 5.41) is 3.17. The van der Waals surface area contributed by atoms with E-state index in [4.69, 9.17) is 0 Å². The van der Waals surface area contributed by atoms with Gasteiger partial charge in [-0.15, -0.1) is 11.3 Å². The molecule has 3 rings (SSSR count). The molecule has 0 N–H and O–H groups in total. The van der Waals surface area contributed by atoms with Gasteiger partial charge < -0.3 is 0 Å². The molecule has 0 bridgehead atoms. The van der Waals surface area contributed by atoms with E-state index >= 15 is 0 Å². The van der Waals surface area contributed by atoms with Crippen molar-refractivity contribution in [2.24, 2.45) is 0 Å². The minimum atomic E-state index is 1.02. The summed E-state index contributed by atoms with van der Waals surface area (Å²) >= 11 is 1.71. The van der Waals surface area contributed by atoms with Gasteiger partial charge in [-0.25, -0.2) is 0 Å². The van der Waals surface area contributed by atoms with Gasteiger partial charge in [-0.3, -0.25) is 4.98 Å². The topological polar surface area (TPSA) is 12.9 Å². The lowest BCUT2D eigenvalue weighted by Gasteiger charge is -1.99. The number of benzene rings is 1. The van der Waals surface area contributed by atoms with E-state index in [2.05, 4.69) is 29.2 Å². The van der Waals surface area contributed by atoms with Crippen molar-refractivity contribution >= 4 is 21.4 Å². The van der Waals surface area contributed by atoms with Gasteiger partial charge in [0.15, 0.2) is 0 Å². The highest BCUT2D eigenvalue weighted by Gasteiger charge is 2.00. The van der Waals surface area contributed by atoms with Crippen molar-refractivity contribution in [3.05, 3.63) is 54.0 Å². The van der Waals surface area contributed by atoms with Gasteiger partial charge in [-0.1, -0.05) is 18.2 Å². The molecule has 0 aliphatic heterocycles. The van der Waals surface area contributed by atoms with Gasteiger partial charge in [0, 0.05) is 27.9 Å². The Labute approximate surface area is 92.0 Å². The van der Waals surface area contributed by atoms with Gasteiger partial charge in [0.1, 0.15) is 0 Å². The lowest BCUT2D eigenvalue weighted by Crippen LogP contribution is -1.80. The second-order valence-corrected chi connectivity index (χ2v) is 4.22. The summed E-state index contributed by atoms with van der Waals surface area (Å²) in [5.41, 5.74) is 2.19. The Kier molecular flexibility index (Phi) is 2.00. The van der Waals surface area contributed by atoms with E-state index in [1.54, 1.807) is 11.3 Å². The molecular weight excluding hydrogens is 202 g/mol. The standard InChI is InChI=1S/C13H8NS/c1-2-7-14-12(3-1)11-5-4-10-6-8-15-13(10)9-11/h1-5,7-9H. The first-order valence-electron chi connectivity index (χ1n) is 4.74. The number of aromatic nitrogens is 1. The normalized spacial score (nSPS) is 10.7. The number of hydrogen-bond donors (Lipinski definition) is 0. The average Bonchev–Trinajstić information content (AvgIpc) is 2.77. The van der Waals surface area contributed by atoms with Crippen LogP contribution in [-0.2, 0) is 0 Å². The molecular formula is C13H8NS. The van der Waals surface area contributed by atoms with Crippen LogP contribution < -0.4 is 0 Å². The van der Waals surface area contributed by atoms with Crippen LogP contribution in [0.4, 0.5) is 0 Å². The molecule has 0 amide bonds. The summed E-state index contributed by atoms with van der Waals surface area (Å²) in [6.07, 6.45) is 1.82. The molecule has 0 aliphatic carbocycles. The van der Waals surface area contributed by atoms with Crippen LogP contribution in [-0.4, -0.2) is 4.98 Å². The molecule has 0 spiro atoms.